The van der Waals surface area contributed by atoms with Crippen molar-refractivity contribution in [3.8, 4) is 6.07 Å². The Kier molecular flexibility index (Phi) is 6.21. The Morgan fingerprint density at radius 2 is 1.79 bits per heavy atom. The summed E-state index contributed by atoms with van der Waals surface area (Å²) >= 11 is 0. The van der Waals surface area contributed by atoms with Gasteiger partial charge < -0.3 is 19.4 Å². The highest BCUT2D eigenvalue weighted by atomic mass is 16.6. The van der Waals surface area contributed by atoms with E-state index >= 15 is 0 Å². The summed E-state index contributed by atoms with van der Waals surface area (Å²) in [5.74, 6) is -0.00450. The van der Waals surface area contributed by atoms with Crippen LogP contribution in [0.4, 0.5) is 4.79 Å². The lowest BCUT2D eigenvalue weighted by Gasteiger charge is -2.26. The summed E-state index contributed by atoms with van der Waals surface area (Å²) < 4.78 is 12.6. The van der Waals surface area contributed by atoms with Gasteiger partial charge >= 0.3 is 12.1 Å². The molecule has 156 valence electrons. The van der Waals surface area contributed by atoms with Crippen LogP contribution in [0, 0.1) is 11.3 Å². The molecule has 1 heterocycles. The van der Waals surface area contributed by atoms with Crippen LogP contribution >= 0.6 is 0 Å². The number of nitriles is 1. The number of carbonyl (C=O) groups is 2. The number of fused-ring (bicyclic) bond motifs is 1. The molecule has 1 atom stereocenters. The van der Waals surface area contributed by atoms with E-state index in [1.807, 2.05) is 11.6 Å². The quantitative estimate of drug-likeness (QED) is 0.790. The first kappa shape index (κ1) is 22.2. The summed E-state index contributed by atoms with van der Waals surface area (Å²) in [6.45, 7) is 10.5. The second kappa shape index (κ2) is 8.11. The van der Waals surface area contributed by atoms with Gasteiger partial charge in [0.1, 0.15) is 23.1 Å². The van der Waals surface area contributed by atoms with Gasteiger partial charge in [-0.25, -0.2) is 14.6 Å². The number of benzene rings is 1. The van der Waals surface area contributed by atoms with Crippen molar-refractivity contribution in [3.63, 3.8) is 0 Å². The number of esters is 1. The van der Waals surface area contributed by atoms with Crippen LogP contribution in [0.15, 0.2) is 18.2 Å². The van der Waals surface area contributed by atoms with Gasteiger partial charge in [-0.1, -0.05) is 0 Å². The predicted molar refractivity (Wildman–Crippen MR) is 108 cm³/mol. The molecule has 1 amide bonds. The van der Waals surface area contributed by atoms with Crippen molar-refractivity contribution < 1.29 is 19.1 Å². The van der Waals surface area contributed by atoms with Gasteiger partial charge in [0, 0.05) is 13.5 Å². The molecule has 0 spiro atoms. The third-order valence-corrected chi connectivity index (χ3v) is 3.87. The SMILES string of the molecule is Cn1c(C[C@H](NC(=O)OC(C)(C)C)C(=O)OC(C)(C)C)nc2cc(C#N)ccc21. The highest BCUT2D eigenvalue weighted by Crippen LogP contribution is 2.19. The molecule has 2 aromatic rings. The minimum atomic E-state index is -0.977. The second-order valence-corrected chi connectivity index (χ2v) is 8.84. The fourth-order valence-electron chi connectivity index (χ4n) is 2.70. The molecule has 1 aromatic heterocycles. The average Bonchev–Trinajstić information content (AvgIpc) is 2.86. The molecule has 0 saturated heterocycles. The van der Waals surface area contributed by atoms with Crippen molar-refractivity contribution in [1.29, 1.82) is 5.26 Å². The monoisotopic (exact) mass is 400 g/mol. The lowest BCUT2D eigenvalue weighted by Crippen LogP contribution is -2.47. The molecular weight excluding hydrogens is 372 g/mol. The van der Waals surface area contributed by atoms with E-state index in [4.69, 9.17) is 14.7 Å². The van der Waals surface area contributed by atoms with E-state index in [1.54, 1.807) is 59.7 Å². The average molecular weight is 400 g/mol. The predicted octanol–water partition coefficient (Wildman–Crippen LogP) is 3.22. The summed E-state index contributed by atoms with van der Waals surface area (Å²) in [5.41, 5.74) is 0.548. The van der Waals surface area contributed by atoms with Crippen molar-refractivity contribution in [2.75, 3.05) is 0 Å². The van der Waals surface area contributed by atoms with Gasteiger partial charge in [-0.05, 0) is 59.7 Å². The molecule has 0 aliphatic heterocycles. The van der Waals surface area contributed by atoms with Crippen LogP contribution in [0.3, 0.4) is 0 Å². The van der Waals surface area contributed by atoms with Gasteiger partial charge in [0.2, 0.25) is 0 Å². The molecule has 1 aromatic carbocycles. The minimum Gasteiger partial charge on any atom is -0.458 e. The number of aromatic nitrogens is 2. The molecule has 0 aliphatic carbocycles. The van der Waals surface area contributed by atoms with Crippen LogP contribution < -0.4 is 5.32 Å². The van der Waals surface area contributed by atoms with Gasteiger partial charge in [0.05, 0.1) is 22.7 Å². The Labute approximate surface area is 170 Å². The zero-order valence-electron chi connectivity index (χ0n) is 18.0. The first-order valence-electron chi connectivity index (χ1n) is 9.37. The number of imidazole rings is 1. The van der Waals surface area contributed by atoms with E-state index in [0.717, 1.165) is 5.52 Å². The van der Waals surface area contributed by atoms with Crippen molar-refractivity contribution >= 4 is 23.1 Å². The largest absolute Gasteiger partial charge is 0.458 e. The molecule has 0 aliphatic rings. The molecule has 0 radical (unpaired) electrons. The maximum Gasteiger partial charge on any atom is 0.408 e. The molecule has 0 bridgehead atoms. The number of hydrogen-bond acceptors (Lipinski definition) is 6. The number of carbonyl (C=O) groups excluding carboxylic acids is 2. The van der Waals surface area contributed by atoms with Crippen molar-refractivity contribution in [2.45, 2.75) is 65.2 Å². The zero-order chi connectivity index (χ0) is 22.0. The Balaban J connectivity index is 2.32. The summed E-state index contributed by atoms with van der Waals surface area (Å²) in [6.07, 6.45) is -0.597. The fraction of sp³-hybridized carbons (Fsp3) is 0.524. The van der Waals surface area contributed by atoms with Crippen LogP contribution in [-0.4, -0.2) is 38.9 Å². The van der Waals surface area contributed by atoms with Crippen LogP contribution in [0.1, 0.15) is 52.9 Å². The molecule has 0 unspecified atom stereocenters. The van der Waals surface area contributed by atoms with Crippen molar-refractivity contribution in [1.82, 2.24) is 14.9 Å². The zero-order valence-corrected chi connectivity index (χ0v) is 18.0. The maximum absolute atomic E-state index is 12.7. The standard InChI is InChI=1S/C21H28N4O4/c1-20(2,3)28-18(26)15(24-19(27)29-21(4,5)6)11-17-23-14-10-13(12-22)8-9-16(14)25(17)7/h8-10,15H,11H2,1-7H3,(H,24,27)/t15-/m0/s1. The lowest BCUT2D eigenvalue weighted by molar-refractivity contribution is -0.157. The highest BCUT2D eigenvalue weighted by Gasteiger charge is 2.30. The Bertz CT molecular complexity index is 958. The number of nitrogens with one attached hydrogen (secondary N) is 1. The first-order valence-corrected chi connectivity index (χ1v) is 9.37. The number of amides is 1. The minimum absolute atomic E-state index is 0.112. The number of aryl methyl sites for hydroxylation is 1. The van der Waals surface area contributed by atoms with E-state index in [-0.39, 0.29) is 6.42 Å². The summed E-state index contributed by atoms with van der Waals surface area (Å²) in [6, 6.07) is 6.30. The lowest BCUT2D eigenvalue weighted by atomic mass is 10.1. The maximum atomic E-state index is 12.7. The van der Waals surface area contributed by atoms with E-state index in [0.29, 0.717) is 16.9 Å². The molecule has 0 fully saturated rings. The fourth-order valence-corrected chi connectivity index (χ4v) is 2.70. The van der Waals surface area contributed by atoms with E-state index < -0.39 is 29.3 Å². The van der Waals surface area contributed by atoms with Gasteiger partial charge in [-0.15, -0.1) is 0 Å². The van der Waals surface area contributed by atoms with Crippen LogP contribution in [0.2, 0.25) is 0 Å². The van der Waals surface area contributed by atoms with E-state index in [1.165, 1.54) is 0 Å². The Morgan fingerprint density at radius 3 is 2.34 bits per heavy atom. The second-order valence-electron chi connectivity index (χ2n) is 8.84. The van der Waals surface area contributed by atoms with Crippen LogP contribution in [0.5, 0.6) is 0 Å². The smallest absolute Gasteiger partial charge is 0.408 e. The molecule has 1 N–H and O–H groups in total. The van der Waals surface area contributed by atoms with Gasteiger partial charge in [0.25, 0.3) is 0 Å². The number of nitrogens with zero attached hydrogens (tertiary/aromatic N) is 3. The van der Waals surface area contributed by atoms with Gasteiger partial charge in [-0.2, -0.15) is 5.26 Å². The van der Waals surface area contributed by atoms with Crippen LogP contribution in [0.25, 0.3) is 11.0 Å². The third kappa shape index (κ3) is 6.21. The van der Waals surface area contributed by atoms with Crippen molar-refractivity contribution in [3.05, 3.63) is 29.6 Å². The van der Waals surface area contributed by atoms with Crippen LogP contribution in [-0.2, 0) is 27.7 Å². The molecule has 8 nitrogen and oxygen atoms in total. The van der Waals surface area contributed by atoms with E-state index in [2.05, 4.69) is 16.4 Å². The highest BCUT2D eigenvalue weighted by molar-refractivity contribution is 5.82. The molecule has 0 saturated carbocycles. The summed E-state index contributed by atoms with van der Waals surface area (Å²) in [4.78, 5) is 29.5. The normalized spacial score (nSPS) is 12.9. The first-order chi connectivity index (χ1) is 13.3. The summed E-state index contributed by atoms with van der Waals surface area (Å²) in [7, 11) is 1.82. The molecular formula is C21H28N4O4. The number of ether oxygens (including phenoxy) is 2. The Hall–Kier alpha value is -3.08. The topological polar surface area (TPSA) is 106 Å². The number of rotatable bonds is 4. The number of alkyl carbamates (subject to hydrolysis) is 1. The molecule has 8 heteroatoms. The van der Waals surface area contributed by atoms with Gasteiger partial charge in [0.15, 0.2) is 0 Å². The Morgan fingerprint density at radius 1 is 1.17 bits per heavy atom. The summed E-state index contributed by atoms with van der Waals surface area (Å²) in [5, 5.41) is 11.7. The number of hydrogen-bond donors (Lipinski definition) is 1. The van der Waals surface area contributed by atoms with E-state index in [9.17, 15) is 9.59 Å². The molecule has 29 heavy (non-hydrogen) atoms. The van der Waals surface area contributed by atoms with Crippen molar-refractivity contribution in [2.24, 2.45) is 7.05 Å². The third-order valence-electron chi connectivity index (χ3n) is 3.87. The molecule has 2 rings (SSSR count). The van der Waals surface area contributed by atoms with Gasteiger partial charge in [-0.3, -0.25) is 0 Å².